The van der Waals surface area contributed by atoms with E-state index in [-0.39, 0.29) is 6.04 Å². The Morgan fingerprint density at radius 2 is 2.27 bits per heavy atom. The van der Waals surface area contributed by atoms with Crippen LogP contribution in [0.4, 0.5) is 0 Å². The molecule has 0 aliphatic rings. The number of rotatable bonds is 6. The summed E-state index contributed by atoms with van der Waals surface area (Å²) in [7, 11) is 0. The van der Waals surface area contributed by atoms with Crippen LogP contribution in [0.5, 0.6) is 0 Å². The van der Waals surface area contributed by atoms with Gasteiger partial charge in [-0.25, -0.2) is 4.98 Å². The molecular formula is C15H17N5O2. The summed E-state index contributed by atoms with van der Waals surface area (Å²) in [6.07, 6.45) is 4.82. The average molecular weight is 299 g/mol. The first-order valence-corrected chi connectivity index (χ1v) is 7.02. The molecule has 3 rings (SSSR count). The second kappa shape index (κ2) is 5.98. The van der Waals surface area contributed by atoms with Gasteiger partial charge < -0.3 is 10.1 Å². The molecule has 0 radical (unpaired) electrons. The highest BCUT2D eigenvalue weighted by Crippen LogP contribution is 2.24. The Kier molecular flexibility index (Phi) is 3.88. The SMILES string of the molecule is CC(Cn1cncn1)NC(C(=O)O)c1c[nH]c2ccccc12. The lowest BCUT2D eigenvalue weighted by molar-refractivity contribution is -0.139. The van der Waals surface area contributed by atoms with Crippen LogP contribution in [-0.2, 0) is 11.3 Å². The first kappa shape index (κ1) is 14.3. The minimum Gasteiger partial charge on any atom is -0.480 e. The molecule has 0 saturated heterocycles. The van der Waals surface area contributed by atoms with Gasteiger partial charge in [-0.2, -0.15) is 5.10 Å². The summed E-state index contributed by atoms with van der Waals surface area (Å²) in [5, 5.41) is 17.7. The van der Waals surface area contributed by atoms with Crippen molar-refractivity contribution in [1.82, 2.24) is 25.1 Å². The third-order valence-corrected chi connectivity index (χ3v) is 3.56. The fourth-order valence-corrected chi connectivity index (χ4v) is 2.57. The van der Waals surface area contributed by atoms with Crippen molar-refractivity contribution in [2.45, 2.75) is 25.6 Å². The Hall–Kier alpha value is -2.67. The van der Waals surface area contributed by atoms with Gasteiger partial charge in [0.05, 0.1) is 6.54 Å². The molecule has 0 saturated carbocycles. The van der Waals surface area contributed by atoms with E-state index in [1.54, 1.807) is 17.2 Å². The van der Waals surface area contributed by atoms with E-state index in [0.717, 1.165) is 16.5 Å². The minimum absolute atomic E-state index is 0.0727. The van der Waals surface area contributed by atoms with Crippen molar-refractivity contribution in [1.29, 1.82) is 0 Å². The van der Waals surface area contributed by atoms with Gasteiger partial charge in [0.1, 0.15) is 18.7 Å². The van der Waals surface area contributed by atoms with Crippen molar-refractivity contribution < 1.29 is 9.90 Å². The predicted molar refractivity (Wildman–Crippen MR) is 81.3 cm³/mol. The fourth-order valence-electron chi connectivity index (χ4n) is 2.57. The molecule has 22 heavy (non-hydrogen) atoms. The Morgan fingerprint density at radius 3 is 3.00 bits per heavy atom. The monoisotopic (exact) mass is 299 g/mol. The third kappa shape index (κ3) is 2.84. The molecular weight excluding hydrogens is 282 g/mol. The van der Waals surface area contributed by atoms with Crippen LogP contribution in [0.1, 0.15) is 18.5 Å². The second-order valence-electron chi connectivity index (χ2n) is 5.25. The Bertz CT molecular complexity index is 765. The molecule has 2 atom stereocenters. The molecule has 0 aliphatic carbocycles. The van der Waals surface area contributed by atoms with Gasteiger partial charge in [-0.05, 0) is 13.0 Å². The van der Waals surface area contributed by atoms with Gasteiger partial charge in [0.2, 0.25) is 0 Å². The van der Waals surface area contributed by atoms with Gasteiger partial charge in [-0.15, -0.1) is 0 Å². The third-order valence-electron chi connectivity index (χ3n) is 3.56. The first-order chi connectivity index (χ1) is 10.6. The molecule has 0 bridgehead atoms. The lowest BCUT2D eigenvalue weighted by Crippen LogP contribution is -2.37. The molecule has 7 heteroatoms. The maximum atomic E-state index is 11.7. The van der Waals surface area contributed by atoms with Crippen molar-refractivity contribution in [2.24, 2.45) is 0 Å². The molecule has 2 unspecified atom stereocenters. The van der Waals surface area contributed by atoms with Crippen LogP contribution in [0.15, 0.2) is 43.1 Å². The van der Waals surface area contributed by atoms with Crippen LogP contribution in [0, 0.1) is 0 Å². The van der Waals surface area contributed by atoms with E-state index in [1.807, 2.05) is 31.2 Å². The predicted octanol–water partition coefficient (Wildman–Crippen LogP) is 1.56. The van der Waals surface area contributed by atoms with Gasteiger partial charge in [-0.3, -0.25) is 14.8 Å². The summed E-state index contributed by atoms with van der Waals surface area (Å²) in [4.78, 5) is 18.7. The summed E-state index contributed by atoms with van der Waals surface area (Å²) < 4.78 is 1.67. The highest BCUT2D eigenvalue weighted by molar-refractivity contribution is 5.89. The summed E-state index contributed by atoms with van der Waals surface area (Å²) in [6, 6.07) is 6.81. The van der Waals surface area contributed by atoms with E-state index in [4.69, 9.17) is 0 Å². The molecule has 2 heterocycles. The van der Waals surface area contributed by atoms with Gasteiger partial charge in [-0.1, -0.05) is 18.2 Å². The van der Waals surface area contributed by atoms with Crippen molar-refractivity contribution in [2.75, 3.05) is 0 Å². The van der Waals surface area contributed by atoms with E-state index in [0.29, 0.717) is 6.54 Å². The number of aliphatic carboxylic acids is 1. The lowest BCUT2D eigenvalue weighted by Gasteiger charge is -2.20. The number of aromatic nitrogens is 4. The zero-order valence-electron chi connectivity index (χ0n) is 12.1. The van der Waals surface area contributed by atoms with Crippen LogP contribution >= 0.6 is 0 Å². The Morgan fingerprint density at radius 1 is 1.45 bits per heavy atom. The van der Waals surface area contributed by atoms with Crippen LogP contribution in [-0.4, -0.2) is 36.9 Å². The zero-order chi connectivity index (χ0) is 15.5. The fraction of sp³-hybridized carbons (Fsp3) is 0.267. The zero-order valence-corrected chi connectivity index (χ0v) is 12.1. The van der Waals surface area contributed by atoms with Crippen molar-refractivity contribution in [3.63, 3.8) is 0 Å². The van der Waals surface area contributed by atoms with Gasteiger partial charge in [0.15, 0.2) is 0 Å². The van der Waals surface area contributed by atoms with Crippen LogP contribution in [0.25, 0.3) is 10.9 Å². The van der Waals surface area contributed by atoms with E-state index in [2.05, 4.69) is 20.4 Å². The van der Waals surface area contributed by atoms with Crippen molar-refractivity contribution >= 4 is 16.9 Å². The molecule has 0 fully saturated rings. The molecule has 2 aromatic heterocycles. The number of fused-ring (bicyclic) bond motifs is 1. The van der Waals surface area contributed by atoms with Gasteiger partial charge in [0, 0.05) is 28.7 Å². The molecule has 0 aliphatic heterocycles. The maximum Gasteiger partial charge on any atom is 0.325 e. The molecule has 1 aromatic carbocycles. The molecule has 0 spiro atoms. The number of nitrogens with one attached hydrogen (secondary N) is 2. The summed E-state index contributed by atoms with van der Waals surface area (Å²) in [5.41, 5.74) is 1.66. The number of carboxylic acid groups (broad SMARTS) is 1. The van der Waals surface area contributed by atoms with Crippen molar-refractivity contribution in [3.05, 3.63) is 48.7 Å². The number of hydrogen-bond acceptors (Lipinski definition) is 4. The first-order valence-electron chi connectivity index (χ1n) is 7.02. The number of nitrogens with zero attached hydrogens (tertiary/aromatic N) is 3. The van der Waals surface area contributed by atoms with E-state index in [1.165, 1.54) is 6.33 Å². The quantitative estimate of drug-likeness (QED) is 0.642. The van der Waals surface area contributed by atoms with Crippen LogP contribution in [0.2, 0.25) is 0 Å². The highest BCUT2D eigenvalue weighted by Gasteiger charge is 2.24. The molecule has 3 N–H and O–H groups in total. The number of para-hydroxylation sites is 1. The Balaban J connectivity index is 1.82. The van der Waals surface area contributed by atoms with Crippen molar-refractivity contribution in [3.8, 4) is 0 Å². The Labute approximate surface area is 127 Å². The number of carbonyl (C=O) groups is 1. The molecule has 114 valence electrons. The molecule has 3 aromatic rings. The number of carboxylic acids is 1. The van der Waals surface area contributed by atoms with E-state index >= 15 is 0 Å². The molecule has 0 amide bonds. The summed E-state index contributed by atoms with van der Waals surface area (Å²) in [5.74, 6) is -0.907. The number of aromatic amines is 1. The summed E-state index contributed by atoms with van der Waals surface area (Å²) >= 11 is 0. The highest BCUT2D eigenvalue weighted by atomic mass is 16.4. The summed E-state index contributed by atoms with van der Waals surface area (Å²) in [6.45, 7) is 2.47. The largest absolute Gasteiger partial charge is 0.480 e. The minimum atomic E-state index is -0.907. The van der Waals surface area contributed by atoms with Crippen LogP contribution < -0.4 is 5.32 Å². The smallest absolute Gasteiger partial charge is 0.325 e. The van der Waals surface area contributed by atoms with Crippen LogP contribution in [0.3, 0.4) is 0 Å². The maximum absolute atomic E-state index is 11.7. The van der Waals surface area contributed by atoms with Gasteiger partial charge in [0.25, 0.3) is 0 Å². The number of hydrogen-bond donors (Lipinski definition) is 3. The standard InChI is InChI=1S/C15H17N5O2/c1-10(7-20-9-16-8-18-20)19-14(15(21)22)12-6-17-13-5-3-2-4-11(12)13/h2-6,8-10,14,17,19H,7H2,1H3,(H,21,22). The molecule has 7 nitrogen and oxygen atoms in total. The normalized spacial score (nSPS) is 14.0. The second-order valence-corrected chi connectivity index (χ2v) is 5.25. The number of H-pyrrole nitrogens is 1. The average Bonchev–Trinajstić information content (AvgIpc) is 3.14. The van der Waals surface area contributed by atoms with Gasteiger partial charge >= 0.3 is 5.97 Å². The topological polar surface area (TPSA) is 95.8 Å². The van der Waals surface area contributed by atoms with E-state index in [9.17, 15) is 9.90 Å². The number of benzene rings is 1. The van der Waals surface area contributed by atoms with E-state index < -0.39 is 12.0 Å². The lowest BCUT2D eigenvalue weighted by atomic mass is 10.0.